The first-order valence-corrected chi connectivity index (χ1v) is 10.6. The number of nitrogens with zero attached hydrogens (tertiary/aromatic N) is 2. The molecule has 2 unspecified atom stereocenters. The van der Waals surface area contributed by atoms with Crippen molar-refractivity contribution in [1.82, 2.24) is 10.3 Å². The van der Waals surface area contributed by atoms with Gasteiger partial charge in [0.2, 0.25) is 5.91 Å². The molecule has 2 atom stereocenters. The van der Waals surface area contributed by atoms with Crippen LogP contribution in [-0.2, 0) is 11.2 Å². The predicted octanol–water partition coefficient (Wildman–Crippen LogP) is 3.14. The molecule has 29 heavy (non-hydrogen) atoms. The van der Waals surface area contributed by atoms with Gasteiger partial charge in [0, 0.05) is 48.8 Å². The Morgan fingerprint density at radius 1 is 1.17 bits per heavy atom. The Kier molecular flexibility index (Phi) is 4.79. The highest BCUT2D eigenvalue weighted by molar-refractivity contribution is 6.07. The molecule has 6 nitrogen and oxygen atoms in total. The fourth-order valence-electron chi connectivity index (χ4n) is 5.15. The number of carbonyl (C=O) groups is 2. The second-order valence-corrected chi connectivity index (χ2v) is 8.52. The fraction of sp³-hybridized carbons (Fsp3) is 0.435. The summed E-state index contributed by atoms with van der Waals surface area (Å²) in [6.45, 7) is 0.651. The van der Waals surface area contributed by atoms with Gasteiger partial charge in [0.1, 0.15) is 0 Å². The summed E-state index contributed by atoms with van der Waals surface area (Å²) >= 11 is 0. The molecule has 3 aliphatic heterocycles. The Morgan fingerprint density at radius 2 is 2.00 bits per heavy atom. The first-order chi connectivity index (χ1) is 14.2. The molecule has 2 bridgehead atoms. The van der Waals surface area contributed by atoms with Crippen LogP contribution in [-0.4, -0.2) is 35.4 Å². The average molecular weight is 390 g/mol. The fourth-order valence-corrected chi connectivity index (χ4v) is 5.15. The standard InChI is InChI=1S/C23H26N4O2/c28-22(12-15-10-18-3-4-19(11-15)25-18)26-20-5-6-21-16(13-20)7-9-27(21)23(29)17-2-1-8-24-14-17/h1-2,5-6,8,13-15,18-19,25H,3-4,7,9-12H2,(H,26,28). The van der Waals surface area contributed by atoms with Crippen LogP contribution in [0.4, 0.5) is 11.4 Å². The number of amides is 2. The highest BCUT2D eigenvalue weighted by Crippen LogP contribution is 2.34. The Balaban J connectivity index is 1.23. The zero-order chi connectivity index (χ0) is 19.8. The van der Waals surface area contributed by atoms with Gasteiger partial charge in [0.15, 0.2) is 0 Å². The number of pyridine rings is 1. The summed E-state index contributed by atoms with van der Waals surface area (Å²) in [5.41, 5.74) is 3.43. The summed E-state index contributed by atoms with van der Waals surface area (Å²) in [5, 5.41) is 6.70. The molecule has 3 aliphatic rings. The molecule has 2 N–H and O–H groups in total. The number of aromatic nitrogens is 1. The van der Waals surface area contributed by atoms with Crippen molar-refractivity contribution in [2.24, 2.45) is 5.92 Å². The van der Waals surface area contributed by atoms with Gasteiger partial charge in [0.25, 0.3) is 5.91 Å². The summed E-state index contributed by atoms with van der Waals surface area (Å²) in [7, 11) is 0. The number of anilines is 2. The minimum Gasteiger partial charge on any atom is -0.326 e. The minimum atomic E-state index is -0.0332. The quantitative estimate of drug-likeness (QED) is 0.841. The van der Waals surface area contributed by atoms with Crippen molar-refractivity contribution in [2.45, 2.75) is 50.6 Å². The van der Waals surface area contributed by atoms with Gasteiger partial charge < -0.3 is 15.5 Å². The van der Waals surface area contributed by atoms with Crippen molar-refractivity contribution in [3.8, 4) is 0 Å². The number of piperidine rings is 1. The van der Waals surface area contributed by atoms with Gasteiger partial charge in [-0.3, -0.25) is 14.6 Å². The normalized spacial score (nSPS) is 25.0. The number of benzene rings is 1. The molecule has 2 aromatic rings. The predicted molar refractivity (Wildman–Crippen MR) is 112 cm³/mol. The van der Waals surface area contributed by atoms with Crippen LogP contribution in [0.3, 0.4) is 0 Å². The molecule has 5 rings (SSSR count). The Morgan fingerprint density at radius 3 is 2.76 bits per heavy atom. The number of carbonyl (C=O) groups excluding carboxylic acids is 2. The topological polar surface area (TPSA) is 74.3 Å². The minimum absolute atomic E-state index is 0.0332. The van der Waals surface area contributed by atoms with E-state index in [-0.39, 0.29) is 11.8 Å². The van der Waals surface area contributed by atoms with Crippen LogP contribution in [0.2, 0.25) is 0 Å². The second-order valence-electron chi connectivity index (χ2n) is 8.52. The van der Waals surface area contributed by atoms with Crippen LogP contribution in [0.5, 0.6) is 0 Å². The number of hydrogen-bond acceptors (Lipinski definition) is 4. The molecule has 2 amide bonds. The number of nitrogens with one attached hydrogen (secondary N) is 2. The molecule has 2 saturated heterocycles. The van der Waals surface area contributed by atoms with E-state index in [4.69, 9.17) is 0 Å². The van der Waals surface area contributed by atoms with Crippen molar-refractivity contribution in [2.75, 3.05) is 16.8 Å². The van der Waals surface area contributed by atoms with E-state index >= 15 is 0 Å². The van der Waals surface area contributed by atoms with E-state index in [1.165, 1.54) is 12.8 Å². The lowest BCUT2D eigenvalue weighted by Gasteiger charge is -2.28. The number of hydrogen-bond donors (Lipinski definition) is 2. The maximum absolute atomic E-state index is 12.8. The average Bonchev–Trinajstić information content (AvgIpc) is 3.30. The van der Waals surface area contributed by atoms with E-state index in [1.54, 1.807) is 29.4 Å². The molecule has 0 radical (unpaired) electrons. The molecule has 1 aromatic heterocycles. The number of fused-ring (bicyclic) bond motifs is 3. The summed E-state index contributed by atoms with van der Waals surface area (Å²) in [6, 6.07) is 10.6. The lowest BCUT2D eigenvalue weighted by molar-refractivity contribution is -0.117. The molecule has 0 spiro atoms. The summed E-state index contributed by atoms with van der Waals surface area (Å²) < 4.78 is 0. The third-order valence-corrected chi connectivity index (χ3v) is 6.46. The van der Waals surface area contributed by atoms with Crippen LogP contribution < -0.4 is 15.5 Å². The molecule has 4 heterocycles. The Bertz CT molecular complexity index is 918. The Labute approximate surface area is 170 Å². The van der Waals surface area contributed by atoms with Crippen molar-refractivity contribution >= 4 is 23.2 Å². The summed E-state index contributed by atoms with van der Waals surface area (Å²) in [5.74, 6) is 0.544. The monoisotopic (exact) mass is 390 g/mol. The smallest absolute Gasteiger partial charge is 0.259 e. The molecular formula is C23H26N4O2. The van der Waals surface area contributed by atoms with Crippen LogP contribution in [0.15, 0.2) is 42.7 Å². The third kappa shape index (κ3) is 3.77. The lowest BCUT2D eigenvalue weighted by Crippen LogP contribution is -2.39. The van der Waals surface area contributed by atoms with Crippen molar-refractivity contribution in [3.63, 3.8) is 0 Å². The summed E-state index contributed by atoms with van der Waals surface area (Å²) in [6.07, 6.45) is 9.38. The van der Waals surface area contributed by atoms with E-state index < -0.39 is 0 Å². The van der Waals surface area contributed by atoms with E-state index in [0.29, 0.717) is 36.5 Å². The van der Waals surface area contributed by atoms with Gasteiger partial charge >= 0.3 is 0 Å². The van der Waals surface area contributed by atoms with E-state index in [0.717, 1.165) is 36.2 Å². The molecule has 6 heteroatoms. The third-order valence-electron chi connectivity index (χ3n) is 6.46. The zero-order valence-corrected chi connectivity index (χ0v) is 16.4. The highest BCUT2D eigenvalue weighted by atomic mass is 16.2. The van der Waals surface area contributed by atoms with E-state index in [2.05, 4.69) is 15.6 Å². The maximum Gasteiger partial charge on any atom is 0.259 e. The first kappa shape index (κ1) is 18.3. The largest absolute Gasteiger partial charge is 0.326 e. The van der Waals surface area contributed by atoms with Crippen molar-refractivity contribution in [3.05, 3.63) is 53.9 Å². The molecular weight excluding hydrogens is 364 g/mol. The lowest BCUT2D eigenvalue weighted by atomic mass is 9.89. The van der Waals surface area contributed by atoms with Gasteiger partial charge in [-0.2, -0.15) is 0 Å². The zero-order valence-electron chi connectivity index (χ0n) is 16.4. The highest BCUT2D eigenvalue weighted by Gasteiger charge is 2.34. The van der Waals surface area contributed by atoms with Crippen molar-refractivity contribution in [1.29, 1.82) is 0 Å². The van der Waals surface area contributed by atoms with Crippen molar-refractivity contribution < 1.29 is 9.59 Å². The SMILES string of the molecule is O=C(CC1CC2CCC(C1)N2)Nc1ccc2c(c1)CCN2C(=O)c1cccnc1. The first-order valence-electron chi connectivity index (χ1n) is 10.6. The summed E-state index contributed by atoms with van der Waals surface area (Å²) in [4.78, 5) is 31.2. The van der Waals surface area contributed by atoms with Gasteiger partial charge in [0.05, 0.1) is 5.56 Å². The maximum atomic E-state index is 12.8. The van der Waals surface area contributed by atoms with Gasteiger partial charge in [-0.15, -0.1) is 0 Å². The molecule has 0 aliphatic carbocycles. The Hall–Kier alpha value is -2.73. The van der Waals surface area contributed by atoms with Crippen LogP contribution >= 0.6 is 0 Å². The molecule has 0 saturated carbocycles. The molecule has 1 aromatic carbocycles. The van der Waals surface area contributed by atoms with Gasteiger partial charge in [-0.05, 0) is 73.9 Å². The molecule has 2 fully saturated rings. The van der Waals surface area contributed by atoms with Crippen LogP contribution in [0.25, 0.3) is 0 Å². The molecule has 150 valence electrons. The second kappa shape index (κ2) is 7.59. The van der Waals surface area contributed by atoms with E-state index in [9.17, 15) is 9.59 Å². The van der Waals surface area contributed by atoms with Gasteiger partial charge in [-0.25, -0.2) is 0 Å². The van der Waals surface area contributed by atoms with E-state index in [1.807, 2.05) is 18.2 Å². The van der Waals surface area contributed by atoms with Crippen LogP contribution in [0, 0.1) is 5.92 Å². The van der Waals surface area contributed by atoms with Crippen LogP contribution in [0.1, 0.15) is 48.0 Å². The number of rotatable bonds is 4. The van der Waals surface area contributed by atoms with Gasteiger partial charge in [-0.1, -0.05) is 0 Å².